The average molecular weight is 321 g/mol. The summed E-state index contributed by atoms with van der Waals surface area (Å²) in [6.45, 7) is 9.78. The maximum atomic E-state index is 12.7. The molecule has 0 spiro atoms. The number of anilines is 1. The standard InChI is InChI=1S/C21H23NO2/c1-13-6-9-15(10-7-13)22-18(23)14-8-11-16-17(12-14)21(4,5)19(24)20(16,2)3/h6-12H,1-5H3,(H,22,23). The molecule has 3 nitrogen and oxygen atoms in total. The molecular formula is C21H23NO2. The predicted octanol–water partition coefficient (Wildman–Crippen LogP) is 4.39. The zero-order valence-electron chi connectivity index (χ0n) is 14.9. The van der Waals surface area contributed by atoms with Crippen LogP contribution in [-0.4, -0.2) is 11.7 Å². The van der Waals surface area contributed by atoms with E-state index in [2.05, 4.69) is 5.32 Å². The normalized spacial score (nSPS) is 17.5. The molecule has 24 heavy (non-hydrogen) atoms. The van der Waals surface area contributed by atoms with Gasteiger partial charge in [0.15, 0.2) is 5.78 Å². The highest BCUT2D eigenvalue weighted by Crippen LogP contribution is 2.46. The highest BCUT2D eigenvalue weighted by Gasteiger charge is 2.50. The fourth-order valence-electron chi connectivity index (χ4n) is 3.61. The van der Waals surface area contributed by atoms with Gasteiger partial charge in [0.2, 0.25) is 0 Å². The summed E-state index contributed by atoms with van der Waals surface area (Å²) in [6, 6.07) is 13.3. The van der Waals surface area contributed by atoms with Gasteiger partial charge < -0.3 is 5.32 Å². The topological polar surface area (TPSA) is 46.2 Å². The summed E-state index contributed by atoms with van der Waals surface area (Å²) < 4.78 is 0. The van der Waals surface area contributed by atoms with Crippen LogP contribution in [0.5, 0.6) is 0 Å². The Morgan fingerprint density at radius 2 is 1.46 bits per heavy atom. The Morgan fingerprint density at radius 3 is 2.08 bits per heavy atom. The van der Waals surface area contributed by atoms with Crippen molar-refractivity contribution in [2.75, 3.05) is 5.32 Å². The summed E-state index contributed by atoms with van der Waals surface area (Å²) in [4.78, 5) is 25.3. The summed E-state index contributed by atoms with van der Waals surface area (Å²) in [6.07, 6.45) is 0. The summed E-state index contributed by atoms with van der Waals surface area (Å²) in [7, 11) is 0. The van der Waals surface area contributed by atoms with E-state index in [9.17, 15) is 9.59 Å². The van der Waals surface area contributed by atoms with Crippen molar-refractivity contribution in [1.82, 2.24) is 0 Å². The number of hydrogen-bond donors (Lipinski definition) is 1. The van der Waals surface area contributed by atoms with Gasteiger partial charge in [0, 0.05) is 22.1 Å². The molecule has 1 N–H and O–H groups in total. The van der Waals surface area contributed by atoms with Gasteiger partial charge in [-0.2, -0.15) is 0 Å². The van der Waals surface area contributed by atoms with E-state index in [-0.39, 0.29) is 11.7 Å². The number of rotatable bonds is 2. The molecule has 3 rings (SSSR count). The summed E-state index contributed by atoms with van der Waals surface area (Å²) in [5, 5.41) is 2.91. The quantitative estimate of drug-likeness (QED) is 0.892. The number of fused-ring (bicyclic) bond motifs is 1. The first kappa shape index (κ1) is 16.4. The van der Waals surface area contributed by atoms with Gasteiger partial charge in [0.05, 0.1) is 0 Å². The molecule has 0 radical (unpaired) electrons. The van der Waals surface area contributed by atoms with Crippen LogP contribution in [0.4, 0.5) is 5.69 Å². The first-order chi connectivity index (χ1) is 11.1. The van der Waals surface area contributed by atoms with Crippen LogP contribution in [0, 0.1) is 6.92 Å². The minimum atomic E-state index is -0.570. The largest absolute Gasteiger partial charge is 0.322 e. The van der Waals surface area contributed by atoms with Crippen molar-refractivity contribution in [1.29, 1.82) is 0 Å². The lowest BCUT2D eigenvalue weighted by Crippen LogP contribution is -2.33. The SMILES string of the molecule is Cc1ccc(NC(=O)c2ccc3c(c2)C(C)(C)C(=O)C3(C)C)cc1. The van der Waals surface area contributed by atoms with Gasteiger partial charge >= 0.3 is 0 Å². The van der Waals surface area contributed by atoms with Crippen LogP contribution in [0.1, 0.15) is 54.7 Å². The van der Waals surface area contributed by atoms with Gasteiger partial charge in [-0.3, -0.25) is 9.59 Å². The van der Waals surface area contributed by atoms with Gasteiger partial charge in [-0.25, -0.2) is 0 Å². The Hall–Kier alpha value is -2.42. The molecular weight excluding hydrogens is 298 g/mol. The smallest absolute Gasteiger partial charge is 0.255 e. The maximum absolute atomic E-state index is 12.7. The van der Waals surface area contributed by atoms with Crippen LogP contribution < -0.4 is 5.32 Å². The van der Waals surface area contributed by atoms with Crippen LogP contribution in [0.25, 0.3) is 0 Å². The summed E-state index contributed by atoms with van der Waals surface area (Å²) in [5.41, 5.74) is 3.38. The van der Waals surface area contributed by atoms with Gasteiger partial charge in [-0.15, -0.1) is 0 Å². The van der Waals surface area contributed by atoms with Crippen molar-refractivity contribution in [3.8, 4) is 0 Å². The maximum Gasteiger partial charge on any atom is 0.255 e. The Balaban J connectivity index is 1.95. The third-order valence-corrected chi connectivity index (χ3v) is 5.07. The van der Waals surface area contributed by atoms with E-state index in [4.69, 9.17) is 0 Å². The van der Waals surface area contributed by atoms with Crippen LogP contribution in [0.15, 0.2) is 42.5 Å². The third kappa shape index (κ3) is 2.44. The molecule has 2 aromatic carbocycles. The molecule has 3 heteroatoms. The molecule has 0 saturated carbocycles. The van der Waals surface area contributed by atoms with Gasteiger partial charge in [0.1, 0.15) is 0 Å². The Labute approximate surface area is 143 Å². The van der Waals surface area contributed by atoms with E-state index < -0.39 is 10.8 Å². The molecule has 0 unspecified atom stereocenters. The van der Waals surface area contributed by atoms with Crippen molar-refractivity contribution >= 4 is 17.4 Å². The van der Waals surface area contributed by atoms with E-state index >= 15 is 0 Å². The third-order valence-electron chi connectivity index (χ3n) is 5.07. The van der Waals surface area contributed by atoms with Crippen LogP contribution in [0.2, 0.25) is 0 Å². The second-order valence-corrected chi connectivity index (χ2v) is 7.66. The van der Waals surface area contributed by atoms with E-state index in [1.165, 1.54) is 0 Å². The lowest BCUT2D eigenvalue weighted by atomic mass is 9.80. The van der Waals surface area contributed by atoms with E-state index in [1.54, 1.807) is 6.07 Å². The number of hydrogen-bond acceptors (Lipinski definition) is 2. The first-order valence-corrected chi connectivity index (χ1v) is 8.22. The molecule has 1 aliphatic carbocycles. The first-order valence-electron chi connectivity index (χ1n) is 8.22. The van der Waals surface area contributed by atoms with Crippen molar-refractivity contribution in [2.45, 2.75) is 45.4 Å². The highest BCUT2D eigenvalue weighted by molar-refractivity contribution is 6.07. The Morgan fingerprint density at radius 1 is 0.875 bits per heavy atom. The number of Topliss-reactive ketones (excluding diaryl/α,β-unsaturated/α-hetero) is 1. The zero-order valence-corrected chi connectivity index (χ0v) is 14.9. The molecule has 0 atom stereocenters. The number of aryl methyl sites for hydroxylation is 1. The fraction of sp³-hybridized carbons (Fsp3) is 0.333. The molecule has 124 valence electrons. The van der Waals surface area contributed by atoms with E-state index in [0.29, 0.717) is 5.56 Å². The van der Waals surface area contributed by atoms with E-state index in [1.807, 2.05) is 71.0 Å². The lowest BCUT2D eigenvalue weighted by Gasteiger charge is -2.21. The highest BCUT2D eigenvalue weighted by atomic mass is 16.1. The average Bonchev–Trinajstić information content (AvgIpc) is 2.67. The van der Waals surface area contributed by atoms with Gasteiger partial charge in [-0.1, -0.05) is 23.8 Å². The molecule has 0 bridgehead atoms. The van der Waals surface area contributed by atoms with Gasteiger partial charge in [-0.05, 0) is 70.0 Å². The Bertz CT molecular complexity index is 829. The van der Waals surface area contributed by atoms with Crippen LogP contribution in [-0.2, 0) is 15.6 Å². The van der Waals surface area contributed by atoms with Crippen LogP contribution in [0.3, 0.4) is 0 Å². The van der Waals surface area contributed by atoms with Crippen molar-refractivity contribution in [3.05, 3.63) is 64.7 Å². The molecule has 0 aliphatic heterocycles. The number of carbonyl (C=O) groups is 2. The minimum absolute atomic E-state index is 0.158. The number of carbonyl (C=O) groups excluding carboxylic acids is 2. The second kappa shape index (κ2) is 5.30. The second-order valence-electron chi connectivity index (χ2n) is 7.66. The number of benzene rings is 2. The van der Waals surface area contributed by atoms with Crippen LogP contribution >= 0.6 is 0 Å². The zero-order chi connectivity index (χ0) is 17.7. The number of nitrogens with one attached hydrogen (secondary N) is 1. The minimum Gasteiger partial charge on any atom is -0.322 e. The number of amides is 1. The molecule has 0 heterocycles. The predicted molar refractivity (Wildman–Crippen MR) is 96.6 cm³/mol. The van der Waals surface area contributed by atoms with Gasteiger partial charge in [0.25, 0.3) is 5.91 Å². The summed E-state index contributed by atoms with van der Waals surface area (Å²) >= 11 is 0. The molecule has 0 saturated heterocycles. The molecule has 1 aliphatic rings. The molecule has 2 aromatic rings. The fourth-order valence-corrected chi connectivity index (χ4v) is 3.61. The molecule has 0 fully saturated rings. The van der Waals surface area contributed by atoms with Crippen molar-refractivity contribution < 1.29 is 9.59 Å². The Kier molecular flexibility index (Phi) is 3.63. The summed E-state index contributed by atoms with van der Waals surface area (Å²) in [5.74, 6) is 0.0377. The number of ketones is 1. The van der Waals surface area contributed by atoms with Crippen molar-refractivity contribution in [2.24, 2.45) is 0 Å². The van der Waals surface area contributed by atoms with E-state index in [0.717, 1.165) is 22.4 Å². The molecule has 1 amide bonds. The monoisotopic (exact) mass is 321 g/mol. The lowest BCUT2D eigenvalue weighted by molar-refractivity contribution is -0.126. The van der Waals surface area contributed by atoms with Crippen molar-refractivity contribution in [3.63, 3.8) is 0 Å². The molecule has 0 aromatic heterocycles.